The number of nitrogens with zero attached hydrogens (tertiary/aromatic N) is 2. The zero-order valence-electron chi connectivity index (χ0n) is 12.0. The van der Waals surface area contributed by atoms with Gasteiger partial charge in [-0.05, 0) is 43.9 Å². The van der Waals surface area contributed by atoms with E-state index in [1.807, 2.05) is 0 Å². The van der Waals surface area contributed by atoms with Crippen molar-refractivity contribution in [2.75, 3.05) is 11.1 Å². The summed E-state index contributed by atoms with van der Waals surface area (Å²) in [5.41, 5.74) is 9.56. The molecule has 1 aromatic heterocycles. The van der Waals surface area contributed by atoms with Crippen LogP contribution in [0.4, 0.5) is 11.5 Å². The molecule has 21 heavy (non-hydrogen) atoms. The van der Waals surface area contributed by atoms with Crippen LogP contribution < -0.4 is 11.1 Å². The average molecular weight is 284 g/mol. The van der Waals surface area contributed by atoms with Crippen molar-refractivity contribution in [1.29, 1.82) is 0 Å². The maximum atomic E-state index is 9.87. The number of nitrogens with two attached hydrogens (primary N) is 1. The van der Waals surface area contributed by atoms with Crippen molar-refractivity contribution in [2.24, 2.45) is 0 Å². The lowest BCUT2D eigenvalue weighted by Crippen LogP contribution is -2.08. The molecule has 3 rings (SSSR count). The summed E-state index contributed by atoms with van der Waals surface area (Å²) in [4.78, 5) is 8.77. The van der Waals surface area contributed by atoms with Crippen LogP contribution in [0.2, 0.25) is 0 Å². The number of nitrogen functional groups attached to an aromatic ring is 1. The van der Waals surface area contributed by atoms with Gasteiger partial charge in [0.25, 0.3) is 0 Å². The summed E-state index contributed by atoms with van der Waals surface area (Å²) >= 11 is 0. The maximum absolute atomic E-state index is 9.87. The Morgan fingerprint density at radius 3 is 2.90 bits per heavy atom. The number of hydrogen-bond acceptors (Lipinski definition) is 5. The lowest BCUT2D eigenvalue weighted by atomic mass is 10.1. The second-order valence-corrected chi connectivity index (χ2v) is 5.45. The van der Waals surface area contributed by atoms with Gasteiger partial charge in [0.2, 0.25) is 0 Å². The predicted molar refractivity (Wildman–Crippen MR) is 83.1 cm³/mol. The second-order valence-electron chi connectivity index (χ2n) is 5.45. The van der Waals surface area contributed by atoms with E-state index in [1.54, 1.807) is 24.5 Å². The molecule has 1 aliphatic carbocycles. The monoisotopic (exact) mass is 284 g/mol. The molecule has 0 amide bonds. The van der Waals surface area contributed by atoms with Crippen LogP contribution in [0.25, 0.3) is 0 Å². The maximum Gasteiger partial charge on any atom is 0.133 e. The van der Waals surface area contributed by atoms with E-state index in [4.69, 9.17) is 5.73 Å². The van der Waals surface area contributed by atoms with E-state index in [0.29, 0.717) is 12.2 Å². The quantitative estimate of drug-likeness (QED) is 0.458. The molecule has 0 saturated carbocycles. The van der Waals surface area contributed by atoms with Gasteiger partial charge in [0, 0.05) is 29.1 Å². The number of fused-ring (bicyclic) bond motifs is 1. The van der Waals surface area contributed by atoms with Crippen LogP contribution in [0.15, 0.2) is 24.5 Å². The van der Waals surface area contributed by atoms with Crippen molar-refractivity contribution in [2.45, 2.75) is 38.6 Å². The van der Waals surface area contributed by atoms with Gasteiger partial charge < -0.3 is 16.2 Å². The van der Waals surface area contributed by atoms with Gasteiger partial charge in [-0.25, -0.2) is 9.97 Å². The van der Waals surface area contributed by atoms with E-state index in [-0.39, 0.29) is 5.75 Å². The molecule has 2 aromatic rings. The van der Waals surface area contributed by atoms with Crippen molar-refractivity contribution < 1.29 is 5.11 Å². The summed E-state index contributed by atoms with van der Waals surface area (Å²) in [5.74, 6) is 1.13. The highest BCUT2D eigenvalue weighted by Crippen LogP contribution is 2.25. The van der Waals surface area contributed by atoms with Gasteiger partial charge in [-0.3, -0.25) is 0 Å². The molecule has 1 heterocycles. The van der Waals surface area contributed by atoms with Crippen molar-refractivity contribution >= 4 is 11.5 Å². The Kier molecular flexibility index (Phi) is 3.90. The van der Waals surface area contributed by atoms with E-state index in [1.165, 1.54) is 24.8 Å². The summed E-state index contributed by atoms with van der Waals surface area (Å²) in [7, 11) is 0. The number of aryl methyl sites for hydroxylation is 1. The first kappa shape index (κ1) is 13.7. The van der Waals surface area contributed by atoms with Gasteiger partial charge in [0.1, 0.15) is 17.9 Å². The summed E-state index contributed by atoms with van der Waals surface area (Å²) < 4.78 is 0. The van der Waals surface area contributed by atoms with Crippen LogP contribution in [-0.4, -0.2) is 15.1 Å². The van der Waals surface area contributed by atoms with Gasteiger partial charge in [0.05, 0.1) is 0 Å². The van der Waals surface area contributed by atoms with E-state index in [9.17, 15) is 5.11 Å². The summed E-state index contributed by atoms with van der Waals surface area (Å²) in [6.07, 6.45) is 7.27. The largest absolute Gasteiger partial charge is 0.508 e. The minimum absolute atomic E-state index is 0.247. The van der Waals surface area contributed by atoms with Crippen LogP contribution in [0.5, 0.6) is 5.75 Å². The number of hydrogen-bond donors (Lipinski definition) is 3. The Hall–Kier alpha value is -2.30. The number of aromatic hydroxyl groups is 1. The van der Waals surface area contributed by atoms with Crippen LogP contribution in [0.1, 0.15) is 36.1 Å². The average Bonchev–Trinajstić information content (AvgIpc) is 2.74. The Bertz CT molecular complexity index is 642. The number of phenolic OH excluding ortho intramolecular Hbond substituents is 1. The zero-order valence-corrected chi connectivity index (χ0v) is 12.0. The predicted octanol–water partition coefficient (Wildman–Crippen LogP) is 2.65. The molecule has 0 spiro atoms. The smallest absolute Gasteiger partial charge is 0.133 e. The van der Waals surface area contributed by atoms with Gasteiger partial charge in [-0.15, -0.1) is 0 Å². The zero-order chi connectivity index (χ0) is 14.7. The minimum Gasteiger partial charge on any atom is -0.508 e. The van der Waals surface area contributed by atoms with Crippen molar-refractivity contribution in [3.63, 3.8) is 0 Å². The van der Waals surface area contributed by atoms with Crippen molar-refractivity contribution in [3.05, 3.63) is 41.3 Å². The van der Waals surface area contributed by atoms with Gasteiger partial charge in [-0.1, -0.05) is 6.42 Å². The number of phenols is 1. The highest BCUT2D eigenvalue weighted by molar-refractivity contribution is 5.51. The molecule has 0 radical (unpaired) electrons. The summed E-state index contributed by atoms with van der Waals surface area (Å²) in [6, 6.07) is 5.09. The first-order valence-electron chi connectivity index (χ1n) is 7.38. The lowest BCUT2D eigenvalue weighted by molar-refractivity contribution is 0.469. The summed E-state index contributed by atoms with van der Waals surface area (Å²) in [5, 5.41) is 13.2. The van der Waals surface area contributed by atoms with E-state index < -0.39 is 0 Å². The molecule has 1 aromatic carbocycles. The molecule has 5 heteroatoms. The number of rotatable bonds is 3. The molecule has 0 bridgehead atoms. The highest BCUT2D eigenvalue weighted by Gasteiger charge is 2.14. The first-order chi connectivity index (χ1) is 10.2. The van der Waals surface area contributed by atoms with Crippen molar-refractivity contribution in [1.82, 2.24) is 9.97 Å². The second kappa shape index (κ2) is 5.99. The van der Waals surface area contributed by atoms with Gasteiger partial charge in [-0.2, -0.15) is 0 Å². The molecule has 0 unspecified atom stereocenters. The first-order valence-corrected chi connectivity index (χ1v) is 7.38. The molecule has 0 fully saturated rings. The molecule has 0 aliphatic heterocycles. The molecule has 0 atom stereocenters. The number of benzene rings is 1. The van der Waals surface area contributed by atoms with E-state index in [2.05, 4.69) is 15.3 Å². The Labute approximate surface area is 124 Å². The SMILES string of the molecule is Nc1ccc(O)c(CNc2ncnc3c2CCCCC3)c1. The molecule has 1 aliphatic rings. The minimum atomic E-state index is 0.247. The van der Waals surface area contributed by atoms with Gasteiger partial charge >= 0.3 is 0 Å². The Balaban J connectivity index is 1.81. The fourth-order valence-corrected chi connectivity index (χ4v) is 2.78. The lowest BCUT2D eigenvalue weighted by Gasteiger charge is -2.13. The Morgan fingerprint density at radius 1 is 1.14 bits per heavy atom. The van der Waals surface area contributed by atoms with Crippen LogP contribution in [0, 0.1) is 0 Å². The normalized spacial score (nSPS) is 14.3. The summed E-state index contributed by atoms with van der Waals surface area (Å²) in [6.45, 7) is 0.500. The topological polar surface area (TPSA) is 84.1 Å². The molecule has 110 valence electrons. The number of nitrogens with one attached hydrogen (secondary N) is 1. The van der Waals surface area contributed by atoms with Crippen LogP contribution in [0.3, 0.4) is 0 Å². The van der Waals surface area contributed by atoms with Crippen LogP contribution >= 0.6 is 0 Å². The van der Waals surface area contributed by atoms with Crippen LogP contribution in [-0.2, 0) is 19.4 Å². The third-order valence-corrected chi connectivity index (χ3v) is 3.92. The third kappa shape index (κ3) is 3.07. The molecule has 4 N–H and O–H groups in total. The molecular weight excluding hydrogens is 264 g/mol. The van der Waals surface area contributed by atoms with Gasteiger partial charge in [0.15, 0.2) is 0 Å². The standard InChI is InChI=1S/C16H20N4O/c17-12-6-7-15(21)11(8-12)9-18-16-13-4-2-1-3-5-14(13)19-10-20-16/h6-8,10,21H,1-5,9,17H2,(H,18,19,20). The fraction of sp³-hybridized carbons (Fsp3) is 0.375. The van der Waals surface area contributed by atoms with E-state index in [0.717, 1.165) is 29.9 Å². The van der Waals surface area contributed by atoms with Crippen molar-refractivity contribution in [3.8, 4) is 5.75 Å². The number of anilines is 2. The highest BCUT2D eigenvalue weighted by atomic mass is 16.3. The molecular formula is C16H20N4O. The third-order valence-electron chi connectivity index (χ3n) is 3.92. The molecule has 5 nitrogen and oxygen atoms in total. The number of aromatic nitrogens is 2. The Morgan fingerprint density at radius 2 is 2.00 bits per heavy atom. The fourth-order valence-electron chi connectivity index (χ4n) is 2.78. The van der Waals surface area contributed by atoms with E-state index >= 15 is 0 Å². The molecule has 0 saturated heterocycles.